The Morgan fingerprint density at radius 3 is 1.66 bits per heavy atom. The van der Waals surface area contributed by atoms with Crippen LogP contribution in [0.3, 0.4) is 0 Å². The normalized spacial score (nSPS) is 21.6. The first kappa shape index (κ1) is 52.3. The average molecular weight is 961 g/mol. The van der Waals surface area contributed by atoms with Gasteiger partial charge in [0.15, 0.2) is 0 Å². The SMILES string of the molecule is C=C1C=CC2=C1C=CC2.C=C1C=CC2=C1CC=C2.C=C1C=CC2C=CC=C12.C=C1C=CC=C1.C=C1C=Cc2ccccc21.C=C1CC2C=CC=CC2C1.C=C1CCCc2ccccc21.C=C1CCc2ccccc21. The third kappa shape index (κ3) is 13.7. The van der Waals surface area contributed by atoms with Crippen molar-refractivity contribution in [3.8, 4) is 0 Å². The van der Waals surface area contributed by atoms with Crippen LogP contribution in [0.5, 0.6) is 0 Å². The highest BCUT2D eigenvalue weighted by Gasteiger charge is 2.26. The molecule has 12 aliphatic rings. The molecule has 3 aromatic carbocycles. The Labute approximate surface area is 444 Å². The van der Waals surface area contributed by atoms with Crippen molar-refractivity contribution in [2.24, 2.45) is 17.8 Å². The Morgan fingerprint density at radius 2 is 1.04 bits per heavy atom. The molecule has 0 bridgehead atoms. The Bertz CT molecular complexity index is 3140. The van der Waals surface area contributed by atoms with Crippen LogP contribution in [0.4, 0.5) is 0 Å². The Hall–Kier alpha value is -8.06. The molecule has 0 spiro atoms. The minimum absolute atomic E-state index is 0.553. The van der Waals surface area contributed by atoms with E-state index in [0.29, 0.717) is 5.92 Å². The van der Waals surface area contributed by atoms with E-state index in [1.165, 1.54) is 133 Å². The second-order valence-electron chi connectivity index (χ2n) is 20.1. The van der Waals surface area contributed by atoms with Gasteiger partial charge in [0.2, 0.25) is 0 Å². The maximum Gasteiger partial charge on any atom is 0.0210 e. The molecule has 368 valence electrons. The molecule has 12 aliphatic carbocycles. The van der Waals surface area contributed by atoms with E-state index in [0.717, 1.165) is 42.2 Å². The molecule has 0 heteroatoms. The first-order valence-corrected chi connectivity index (χ1v) is 26.4. The summed E-state index contributed by atoms with van der Waals surface area (Å²) in [4.78, 5) is 0. The van der Waals surface area contributed by atoms with E-state index in [4.69, 9.17) is 0 Å². The number of rotatable bonds is 0. The second kappa shape index (κ2) is 25.5. The molecule has 3 atom stereocenters. The van der Waals surface area contributed by atoms with Crippen LogP contribution in [0.2, 0.25) is 0 Å². The van der Waals surface area contributed by atoms with Gasteiger partial charge in [-0.25, -0.2) is 0 Å². The van der Waals surface area contributed by atoms with Gasteiger partial charge in [0, 0.05) is 5.92 Å². The van der Waals surface area contributed by atoms with Crippen molar-refractivity contribution >= 4 is 22.8 Å². The predicted octanol–water partition coefficient (Wildman–Crippen LogP) is 19.7. The molecular weight excluding hydrogens is 889 g/mol. The quantitative estimate of drug-likeness (QED) is 0.197. The molecule has 0 nitrogen and oxygen atoms in total. The summed E-state index contributed by atoms with van der Waals surface area (Å²) >= 11 is 0. The number of hydrogen-bond acceptors (Lipinski definition) is 0. The summed E-state index contributed by atoms with van der Waals surface area (Å²) < 4.78 is 0. The highest BCUT2D eigenvalue weighted by Crippen LogP contribution is 2.39. The van der Waals surface area contributed by atoms with Gasteiger partial charge < -0.3 is 0 Å². The van der Waals surface area contributed by atoms with Crippen LogP contribution in [-0.4, -0.2) is 0 Å². The van der Waals surface area contributed by atoms with Crippen LogP contribution in [0.15, 0.2) is 315 Å². The summed E-state index contributed by atoms with van der Waals surface area (Å²) in [6.45, 7) is 31.4. The third-order valence-corrected chi connectivity index (χ3v) is 14.8. The van der Waals surface area contributed by atoms with Gasteiger partial charge in [0.05, 0.1) is 0 Å². The lowest BCUT2D eigenvalue weighted by atomic mass is 9.88. The minimum Gasteiger partial charge on any atom is -0.0998 e. The Morgan fingerprint density at radius 1 is 0.419 bits per heavy atom. The molecule has 1 saturated carbocycles. The van der Waals surface area contributed by atoms with Crippen LogP contribution in [0.25, 0.3) is 22.8 Å². The largest absolute Gasteiger partial charge is 0.0998 e. The summed E-state index contributed by atoms with van der Waals surface area (Å²) in [5.74, 6) is 2.10. The van der Waals surface area contributed by atoms with Gasteiger partial charge in [-0.3, -0.25) is 0 Å². The zero-order valence-corrected chi connectivity index (χ0v) is 43.5. The number of allylic oxidation sites excluding steroid dienone is 35. The standard InChI is InChI=1S/C11H12.C10H12.C10H10.C10H8.3C9H8.C6H6/c1-9-5-4-7-10-6-2-3-8-11(9)10;1-8-6-9-4-2-3-5-10(9)7-8;2*1-8-6-7-9-4-2-3-5-10(8)9;3*1-7-5-6-8-3-2-4-9(7)8;1-6-4-2-3-5-6/h2-3,6,8H,1,4-5,7H2;2-5,9-10H,1,6-7H2;2-5H,1,6-7H2;2-7H,1H2;2,4-6H,1,3H2;2-3,5-6H,1,4H2;2-6,8H,1H2;2-5H,1H2. The molecular formula is C74H72. The molecule has 3 aromatic rings. The number of fused-ring (bicyclic) bond motifs is 5. The minimum atomic E-state index is 0.553. The molecule has 0 aliphatic heterocycles. The first-order valence-electron chi connectivity index (χ1n) is 26.4. The van der Waals surface area contributed by atoms with Gasteiger partial charge in [-0.15, -0.1) is 0 Å². The molecule has 0 saturated heterocycles. The van der Waals surface area contributed by atoms with Gasteiger partial charge in [0.1, 0.15) is 0 Å². The average Bonchev–Trinajstić information content (AvgIpc) is 4.27. The predicted molar refractivity (Wildman–Crippen MR) is 325 cm³/mol. The zero-order valence-electron chi connectivity index (χ0n) is 43.5. The monoisotopic (exact) mass is 961 g/mol. The molecule has 74 heavy (non-hydrogen) atoms. The maximum atomic E-state index is 4.06. The van der Waals surface area contributed by atoms with E-state index >= 15 is 0 Å². The van der Waals surface area contributed by atoms with Crippen molar-refractivity contribution in [3.05, 3.63) is 348 Å². The first-order chi connectivity index (χ1) is 36.0. The molecule has 0 heterocycles. The lowest BCUT2D eigenvalue weighted by molar-refractivity contribution is 0.552. The van der Waals surface area contributed by atoms with Crippen LogP contribution in [0, 0.1) is 17.8 Å². The van der Waals surface area contributed by atoms with Gasteiger partial charge in [-0.2, -0.15) is 0 Å². The summed E-state index contributed by atoms with van der Waals surface area (Å²) in [5, 5.41) is 0. The van der Waals surface area contributed by atoms with Crippen molar-refractivity contribution < 1.29 is 0 Å². The fourth-order valence-electron chi connectivity index (χ4n) is 10.6. The molecule has 1 fully saturated rings. The van der Waals surface area contributed by atoms with Crippen molar-refractivity contribution in [2.75, 3.05) is 0 Å². The molecule has 0 aromatic heterocycles. The number of hydrogen-bond donors (Lipinski definition) is 0. The van der Waals surface area contributed by atoms with E-state index in [-0.39, 0.29) is 0 Å². The Kier molecular flexibility index (Phi) is 18.0. The highest BCUT2D eigenvalue weighted by molar-refractivity contribution is 5.88. The van der Waals surface area contributed by atoms with Gasteiger partial charge in [-0.05, 0) is 170 Å². The molecule has 3 unspecified atom stereocenters. The molecule has 0 N–H and O–H groups in total. The summed E-state index contributed by atoms with van der Waals surface area (Å²) in [5.41, 5.74) is 24.9. The van der Waals surface area contributed by atoms with Crippen LogP contribution in [-0.2, 0) is 12.8 Å². The van der Waals surface area contributed by atoms with Gasteiger partial charge >= 0.3 is 0 Å². The van der Waals surface area contributed by atoms with Gasteiger partial charge in [-0.1, -0.05) is 271 Å². The van der Waals surface area contributed by atoms with Crippen molar-refractivity contribution in [1.29, 1.82) is 0 Å². The summed E-state index contributed by atoms with van der Waals surface area (Å²) in [7, 11) is 0. The lowest BCUT2D eigenvalue weighted by Crippen LogP contribution is -2.03. The van der Waals surface area contributed by atoms with E-state index in [1.54, 1.807) is 0 Å². The topological polar surface area (TPSA) is 0 Å². The van der Waals surface area contributed by atoms with E-state index in [9.17, 15) is 0 Å². The third-order valence-electron chi connectivity index (χ3n) is 14.8. The zero-order chi connectivity index (χ0) is 51.8. The fraction of sp³-hybridized carbons (Fsp3) is 0.162. The maximum absolute atomic E-state index is 4.06. The molecule has 15 rings (SSSR count). The van der Waals surface area contributed by atoms with Crippen molar-refractivity contribution in [2.45, 2.75) is 57.8 Å². The van der Waals surface area contributed by atoms with E-state index < -0.39 is 0 Å². The van der Waals surface area contributed by atoms with Crippen LogP contribution >= 0.6 is 0 Å². The van der Waals surface area contributed by atoms with E-state index in [2.05, 4.69) is 223 Å². The second-order valence-corrected chi connectivity index (χ2v) is 20.1. The fourth-order valence-corrected chi connectivity index (χ4v) is 10.6. The number of aryl methyl sites for hydroxylation is 2. The molecule has 0 amide bonds. The smallest absolute Gasteiger partial charge is 0.0210 e. The summed E-state index contributed by atoms with van der Waals surface area (Å²) in [6, 6.07) is 25.4. The van der Waals surface area contributed by atoms with E-state index in [1.807, 2.05) is 42.5 Å². The number of benzene rings is 3. The van der Waals surface area contributed by atoms with Crippen molar-refractivity contribution in [3.63, 3.8) is 0 Å². The summed E-state index contributed by atoms with van der Waals surface area (Å²) in [6.07, 6.45) is 59.4. The highest BCUT2D eigenvalue weighted by atomic mass is 14.3. The Balaban J connectivity index is 0.000000113. The lowest BCUT2D eigenvalue weighted by Gasteiger charge is -2.16. The van der Waals surface area contributed by atoms with Crippen molar-refractivity contribution in [1.82, 2.24) is 0 Å². The van der Waals surface area contributed by atoms with Crippen LogP contribution < -0.4 is 0 Å². The molecule has 0 radical (unpaired) electrons. The van der Waals surface area contributed by atoms with Crippen LogP contribution in [0.1, 0.15) is 78.3 Å². The van der Waals surface area contributed by atoms with Gasteiger partial charge in [0.25, 0.3) is 0 Å².